The van der Waals surface area contributed by atoms with Gasteiger partial charge in [0, 0.05) is 39.1 Å². The topological polar surface area (TPSA) is 40.6 Å². The SMILES string of the molecule is [CH2-]CN([CH-]C)C(=O)[C@@H]1CC(=O)CN1P.[Y]. The van der Waals surface area contributed by atoms with Gasteiger partial charge in [-0.3, -0.25) is 14.3 Å². The van der Waals surface area contributed by atoms with Crippen molar-refractivity contribution in [1.82, 2.24) is 9.57 Å². The minimum atomic E-state index is -0.328. The summed E-state index contributed by atoms with van der Waals surface area (Å²) in [5, 5.41) is 0. The molecule has 0 aromatic heterocycles. The molecule has 1 saturated heterocycles. The Kier molecular flexibility index (Phi) is 7.35. The van der Waals surface area contributed by atoms with E-state index in [4.69, 9.17) is 0 Å². The standard InChI is InChI=1S/C9H15N2O2P.Y/c1-3-10(4-2)9(13)8-5-7(12)6-11(8)14;/h4,8H,1,3,5-6,14H2,2H3;/q-2;/t8-;/m0./s1. The van der Waals surface area contributed by atoms with Crippen molar-refractivity contribution in [1.29, 1.82) is 0 Å². The zero-order valence-corrected chi connectivity index (χ0v) is 12.8. The van der Waals surface area contributed by atoms with Crippen LogP contribution in [0, 0.1) is 13.5 Å². The Labute approximate surface area is 118 Å². The molecule has 0 N–H and O–H groups in total. The van der Waals surface area contributed by atoms with Gasteiger partial charge in [0.1, 0.15) is 5.78 Å². The Morgan fingerprint density at radius 2 is 2.40 bits per heavy atom. The molecule has 0 saturated carbocycles. The van der Waals surface area contributed by atoms with Crippen LogP contribution in [-0.2, 0) is 42.3 Å². The zero-order chi connectivity index (χ0) is 10.7. The number of Topliss-reactive ketones (excluding diaryl/α,β-unsaturated/α-hetero) is 1. The molecule has 0 aromatic carbocycles. The van der Waals surface area contributed by atoms with Crippen LogP contribution in [0.4, 0.5) is 0 Å². The molecule has 1 rings (SSSR count). The van der Waals surface area contributed by atoms with E-state index in [1.807, 2.05) is 0 Å². The van der Waals surface area contributed by atoms with Crippen molar-refractivity contribution in [2.75, 3.05) is 13.1 Å². The van der Waals surface area contributed by atoms with Crippen LogP contribution < -0.4 is 0 Å². The first-order valence-corrected chi connectivity index (χ1v) is 5.04. The zero-order valence-electron chi connectivity index (χ0n) is 8.85. The van der Waals surface area contributed by atoms with Gasteiger partial charge in [-0.2, -0.15) is 6.92 Å². The fourth-order valence-electron chi connectivity index (χ4n) is 1.50. The molecule has 1 heterocycles. The predicted molar refractivity (Wildman–Crippen MR) is 56.9 cm³/mol. The summed E-state index contributed by atoms with van der Waals surface area (Å²) in [5.41, 5.74) is 0. The van der Waals surface area contributed by atoms with Crippen molar-refractivity contribution in [3.8, 4) is 0 Å². The van der Waals surface area contributed by atoms with E-state index in [0.717, 1.165) is 0 Å². The summed E-state index contributed by atoms with van der Waals surface area (Å²) < 4.78 is 1.71. The minimum Gasteiger partial charge on any atom is -0.517 e. The predicted octanol–water partition coefficient (Wildman–Crippen LogP) is 0.262. The average Bonchev–Trinajstić information content (AvgIpc) is 2.47. The minimum absolute atomic E-state index is 0. The quantitative estimate of drug-likeness (QED) is 0.555. The summed E-state index contributed by atoms with van der Waals surface area (Å²) in [7, 11) is 2.42. The summed E-state index contributed by atoms with van der Waals surface area (Å²) in [6.07, 6.45) is 0.312. The number of ketones is 1. The molecule has 0 aliphatic carbocycles. The van der Waals surface area contributed by atoms with E-state index < -0.39 is 0 Å². The van der Waals surface area contributed by atoms with Crippen LogP contribution in [0.1, 0.15) is 13.3 Å². The number of carbonyl (C=O) groups excluding carboxylic acids is 2. The van der Waals surface area contributed by atoms with Gasteiger partial charge in [0.15, 0.2) is 0 Å². The summed E-state index contributed by atoms with van der Waals surface area (Å²) in [6.45, 7) is 7.88. The van der Waals surface area contributed by atoms with E-state index in [9.17, 15) is 9.59 Å². The second-order valence-corrected chi connectivity index (χ2v) is 3.88. The first-order valence-electron chi connectivity index (χ1n) is 4.52. The van der Waals surface area contributed by atoms with Gasteiger partial charge in [-0.1, -0.05) is 9.39 Å². The maximum atomic E-state index is 11.8. The van der Waals surface area contributed by atoms with Crippen molar-refractivity contribution in [3.63, 3.8) is 0 Å². The fraction of sp³-hybridized carbons (Fsp3) is 0.556. The molecule has 2 atom stereocenters. The molecule has 0 spiro atoms. The molecule has 6 heteroatoms. The summed E-state index contributed by atoms with van der Waals surface area (Å²) in [4.78, 5) is 24.5. The number of carbonyl (C=O) groups is 2. The molecule has 4 nitrogen and oxygen atoms in total. The normalized spacial score (nSPS) is 21.3. The van der Waals surface area contributed by atoms with Gasteiger partial charge < -0.3 is 11.8 Å². The van der Waals surface area contributed by atoms with Gasteiger partial charge in [-0.25, -0.2) is 6.54 Å². The van der Waals surface area contributed by atoms with E-state index in [1.165, 1.54) is 4.90 Å². The molecule has 83 valence electrons. The van der Waals surface area contributed by atoms with Crippen LogP contribution in [-0.4, -0.2) is 40.4 Å². The maximum Gasteiger partial charge on any atom is 0.209 e. The molecule has 0 bridgehead atoms. The summed E-state index contributed by atoms with van der Waals surface area (Å²) in [6, 6.07) is -0.328. The molecule has 1 radical (unpaired) electrons. The van der Waals surface area contributed by atoms with Gasteiger partial charge in [-0.05, 0) is 0 Å². The van der Waals surface area contributed by atoms with Crippen molar-refractivity contribution in [3.05, 3.63) is 13.5 Å². The molecule has 1 fully saturated rings. The van der Waals surface area contributed by atoms with E-state index in [1.54, 1.807) is 18.1 Å². The van der Waals surface area contributed by atoms with E-state index >= 15 is 0 Å². The largest absolute Gasteiger partial charge is 0.517 e. The third kappa shape index (κ3) is 3.85. The van der Waals surface area contributed by atoms with Crippen LogP contribution in [0.25, 0.3) is 0 Å². The molecule has 1 aliphatic heterocycles. The maximum absolute atomic E-state index is 11.8. The second-order valence-electron chi connectivity index (χ2n) is 3.22. The molecule has 1 unspecified atom stereocenters. The van der Waals surface area contributed by atoms with Crippen LogP contribution in [0.5, 0.6) is 0 Å². The van der Waals surface area contributed by atoms with Crippen LogP contribution in [0.2, 0.25) is 0 Å². The molecule has 0 aromatic rings. The Hall–Kier alpha value is 0.634. The first kappa shape index (κ1) is 15.6. The fourth-order valence-corrected chi connectivity index (χ4v) is 1.93. The summed E-state index contributed by atoms with van der Waals surface area (Å²) >= 11 is 0. The Morgan fingerprint density at radius 3 is 2.73 bits per heavy atom. The van der Waals surface area contributed by atoms with Crippen molar-refractivity contribution in [2.45, 2.75) is 19.4 Å². The molecule has 15 heavy (non-hydrogen) atoms. The van der Waals surface area contributed by atoms with Gasteiger partial charge in [-0.15, -0.1) is 6.54 Å². The molecular weight excluding hydrogens is 288 g/mol. The average molecular weight is 303 g/mol. The van der Waals surface area contributed by atoms with Crippen molar-refractivity contribution >= 4 is 21.1 Å². The first-order chi connectivity index (χ1) is 6.60. The number of hydrogen-bond donors (Lipinski definition) is 0. The smallest absolute Gasteiger partial charge is 0.209 e. The van der Waals surface area contributed by atoms with Gasteiger partial charge in [0.05, 0.1) is 12.6 Å². The Balaban J connectivity index is 0.00000196. The van der Waals surface area contributed by atoms with E-state index in [2.05, 4.69) is 16.3 Å². The van der Waals surface area contributed by atoms with E-state index in [0.29, 0.717) is 19.5 Å². The van der Waals surface area contributed by atoms with Crippen molar-refractivity contribution < 1.29 is 42.3 Å². The van der Waals surface area contributed by atoms with Crippen LogP contribution in [0.15, 0.2) is 0 Å². The van der Waals surface area contributed by atoms with E-state index in [-0.39, 0.29) is 50.4 Å². The molecule has 1 amide bonds. The van der Waals surface area contributed by atoms with Crippen LogP contribution >= 0.6 is 9.39 Å². The van der Waals surface area contributed by atoms with Gasteiger partial charge >= 0.3 is 0 Å². The third-order valence-corrected chi connectivity index (χ3v) is 2.84. The molecule has 1 aliphatic rings. The van der Waals surface area contributed by atoms with Gasteiger partial charge in [0.25, 0.3) is 0 Å². The number of hydrogen-bond acceptors (Lipinski definition) is 3. The van der Waals surface area contributed by atoms with Crippen LogP contribution in [0.3, 0.4) is 0 Å². The Bertz CT molecular complexity index is 246. The monoisotopic (exact) mass is 303 g/mol. The second kappa shape index (κ2) is 7.06. The number of rotatable bonds is 3. The van der Waals surface area contributed by atoms with Crippen molar-refractivity contribution in [2.24, 2.45) is 0 Å². The molecular formula is C9H15N2O2PY-2. The Morgan fingerprint density at radius 1 is 1.80 bits per heavy atom. The number of nitrogens with zero attached hydrogens (tertiary/aromatic N) is 2. The summed E-state index contributed by atoms with van der Waals surface area (Å²) in [5.74, 6) is 0.0572. The van der Waals surface area contributed by atoms with Gasteiger partial charge in [0.2, 0.25) is 5.91 Å². The number of amides is 1. The third-order valence-electron chi connectivity index (χ3n) is 2.30.